The zero-order chi connectivity index (χ0) is 21.4. The third-order valence-corrected chi connectivity index (χ3v) is 5.51. The van der Waals surface area contributed by atoms with Gasteiger partial charge in [0.1, 0.15) is 18.2 Å². The summed E-state index contributed by atoms with van der Waals surface area (Å²) in [7, 11) is 0. The first-order valence-electron chi connectivity index (χ1n) is 10.1. The molecule has 4 rings (SSSR count). The van der Waals surface area contributed by atoms with Crippen LogP contribution in [0.2, 0.25) is 0 Å². The number of fused-ring (bicyclic) bond motifs is 1. The Labute approximate surface area is 175 Å². The monoisotopic (exact) mass is 407 g/mol. The van der Waals surface area contributed by atoms with E-state index in [-0.39, 0.29) is 30.2 Å². The molecule has 0 spiro atoms. The molecule has 0 radical (unpaired) electrons. The summed E-state index contributed by atoms with van der Waals surface area (Å²) in [6.45, 7) is 7.90. The lowest BCUT2D eigenvalue weighted by Crippen LogP contribution is -2.41. The second-order valence-electron chi connectivity index (χ2n) is 7.69. The smallest absolute Gasteiger partial charge is 0.253 e. The molecule has 1 saturated heterocycles. The van der Waals surface area contributed by atoms with Gasteiger partial charge in [0, 0.05) is 18.8 Å². The van der Waals surface area contributed by atoms with Crippen LogP contribution in [0.25, 0.3) is 0 Å². The minimum absolute atomic E-state index is 0.0597. The van der Waals surface area contributed by atoms with Crippen molar-refractivity contribution in [3.63, 3.8) is 0 Å². The third-order valence-electron chi connectivity index (χ3n) is 5.51. The Morgan fingerprint density at radius 2 is 2.07 bits per heavy atom. The maximum absolute atomic E-state index is 12.1. The average Bonchev–Trinajstić information content (AvgIpc) is 3.11. The predicted octanol–water partition coefficient (Wildman–Crippen LogP) is 2.61. The highest BCUT2D eigenvalue weighted by atomic mass is 16.5. The van der Waals surface area contributed by atoms with Gasteiger partial charge in [-0.2, -0.15) is 10.4 Å². The molecule has 1 fully saturated rings. The van der Waals surface area contributed by atoms with Crippen molar-refractivity contribution in [2.75, 3.05) is 24.7 Å². The van der Waals surface area contributed by atoms with Gasteiger partial charge in [-0.1, -0.05) is 26.0 Å². The zero-order valence-electron chi connectivity index (χ0n) is 17.4. The number of benzene rings is 1. The lowest BCUT2D eigenvalue weighted by atomic mass is 9.82. The van der Waals surface area contributed by atoms with Crippen LogP contribution in [0, 0.1) is 11.3 Å². The number of allylic oxidation sites excluding steroid dienone is 1. The Bertz CT molecular complexity index is 1050. The predicted molar refractivity (Wildman–Crippen MR) is 111 cm³/mol. The van der Waals surface area contributed by atoms with Crippen molar-refractivity contribution in [2.45, 2.75) is 39.2 Å². The van der Waals surface area contributed by atoms with Gasteiger partial charge in [-0.15, -0.1) is 0 Å². The molecular formula is C22H25N5O3. The van der Waals surface area contributed by atoms with Gasteiger partial charge in [-0.3, -0.25) is 4.79 Å². The Balaban J connectivity index is 1.81. The fourth-order valence-corrected chi connectivity index (χ4v) is 4.03. The third kappa shape index (κ3) is 3.21. The van der Waals surface area contributed by atoms with E-state index in [1.54, 1.807) is 9.58 Å². The first kappa shape index (κ1) is 20.0. The highest BCUT2D eigenvalue weighted by Gasteiger charge is 2.37. The van der Waals surface area contributed by atoms with Crippen molar-refractivity contribution in [3.8, 4) is 11.9 Å². The molecule has 0 bridgehead atoms. The van der Waals surface area contributed by atoms with E-state index < -0.39 is 0 Å². The number of nitriles is 1. The van der Waals surface area contributed by atoms with Crippen LogP contribution >= 0.6 is 0 Å². The highest BCUT2D eigenvalue weighted by Crippen LogP contribution is 2.45. The molecule has 1 amide bonds. The van der Waals surface area contributed by atoms with Gasteiger partial charge in [-0.25, -0.2) is 4.68 Å². The number of ether oxygens (including phenoxy) is 2. The summed E-state index contributed by atoms with van der Waals surface area (Å²) in [5.41, 5.74) is 9.99. The first-order chi connectivity index (χ1) is 14.5. The van der Waals surface area contributed by atoms with E-state index in [1.807, 2.05) is 31.2 Å². The number of hydrogen-bond acceptors (Lipinski definition) is 6. The van der Waals surface area contributed by atoms with Crippen LogP contribution in [0.15, 0.2) is 35.7 Å². The van der Waals surface area contributed by atoms with Gasteiger partial charge in [0.15, 0.2) is 0 Å². The van der Waals surface area contributed by atoms with Crippen LogP contribution in [0.3, 0.4) is 0 Å². The van der Waals surface area contributed by atoms with Crippen LogP contribution in [0.1, 0.15) is 49.4 Å². The summed E-state index contributed by atoms with van der Waals surface area (Å²) in [4.78, 5) is 13.9. The zero-order valence-corrected chi connectivity index (χ0v) is 17.4. The lowest BCUT2D eigenvalue weighted by Gasteiger charge is -2.28. The van der Waals surface area contributed by atoms with Gasteiger partial charge in [0.05, 0.1) is 23.8 Å². The molecule has 2 aliphatic rings. The standard InChI is InChI=1S/C22H25N5O3/c1-4-27-22-19(20(25-27)13(2)3)18(16(11-23)21(24)30-22)14-5-7-15(8-6-14)26-9-10-29-12-17(26)28/h5-8,13,18H,4,9-10,12,24H2,1-3H3. The SMILES string of the molecule is CCn1nc(C(C)C)c2c1OC(N)=C(C#N)C2c1ccc(N2CCOCC2=O)cc1. The summed E-state index contributed by atoms with van der Waals surface area (Å²) in [6, 6.07) is 9.92. The maximum atomic E-state index is 12.1. The number of morpholine rings is 1. The highest BCUT2D eigenvalue weighted by molar-refractivity contribution is 5.94. The van der Waals surface area contributed by atoms with Gasteiger partial charge in [-0.05, 0) is 30.5 Å². The second-order valence-corrected chi connectivity index (χ2v) is 7.69. The molecule has 1 unspecified atom stereocenters. The molecule has 8 nitrogen and oxygen atoms in total. The van der Waals surface area contributed by atoms with Crippen molar-refractivity contribution in [1.29, 1.82) is 5.26 Å². The van der Waals surface area contributed by atoms with Crippen LogP contribution in [-0.4, -0.2) is 35.4 Å². The fraction of sp³-hybridized carbons (Fsp3) is 0.409. The van der Waals surface area contributed by atoms with E-state index >= 15 is 0 Å². The van der Waals surface area contributed by atoms with Crippen LogP contribution in [-0.2, 0) is 16.1 Å². The number of carbonyl (C=O) groups excluding carboxylic acids is 1. The van der Waals surface area contributed by atoms with E-state index in [4.69, 9.17) is 20.3 Å². The summed E-state index contributed by atoms with van der Waals surface area (Å²) in [6.07, 6.45) is 0. The molecule has 3 heterocycles. The quantitative estimate of drug-likeness (QED) is 0.835. The number of amides is 1. The number of carbonyl (C=O) groups is 1. The molecule has 2 aromatic rings. The number of aryl methyl sites for hydroxylation is 1. The molecule has 1 aromatic heterocycles. The second kappa shape index (κ2) is 7.84. The molecule has 8 heteroatoms. The van der Waals surface area contributed by atoms with Crippen molar-refractivity contribution in [2.24, 2.45) is 5.73 Å². The number of rotatable bonds is 4. The molecule has 1 aromatic carbocycles. The Morgan fingerprint density at radius 1 is 1.33 bits per heavy atom. The largest absolute Gasteiger partial charge is 0.422 e. The minimum atomic E-state index is -0.370. The molecule has 0 saturated carbocycles. The normalized spacial score (nSPS) is 19.0. The molecular weight excluding hydrogens is 382 g/mol. The number of aromatic nitrogens is 2. The minimum Gasteiger partial charge on any atom is -0.422 e. The molecule has 0 aliphatic carbocycles. The topological polar surface area (TPSA) is 106 Å². The maximum Gasteiger partial charge on any atom is 0.253 e. The van der Waals surface area contributed by atoms with Crippen molar-refractivity contribution >= 4 is 11.6 Å². The van der Waals surface area contributed by atoms with E-state index in [9.17, 15) is 10.1 Å². The average molecular weight is 407 g/mol. The van der Waals surface area contributed by atoms with Gasteiger partial charge in [0.2, 0.25) is 11.8 Å². The molecule has 2 aliphatic heterocycles. The van der Waals surface area contributed by atoms with Crippen LogP contribution in [0.5, 0.6) is 5.88 Å². The van der Waals surface area contributed by atoms with Crippen LogP contribution < -0.4 is 15.4 Å². The number of hydrogen-bond donors (Lipinski definition) is 1. The molecule has 30 heavy (non-hydrogen) atoms. The first-order valence-corrected chi connectivity index (χ1v) is 10.1. The van der Waals surface area contributed by atoms with Gasteiger partial charge >= 0.3 is 0 Å². The fourth-order valence-electron chi connectivity index (χ4n) is 4.03. The summed E-state index contributed by atoms with van der Waals surface area (Å²) < 4.78 is 12.8. The number of anilines is 1. The number of nitrogens with two attached hydrogens (primary N) is 1. The van der Waals surface area contributed by atoms with Crippen molar-refractivity contribution in [3.05, 3.63) is 52.5 Å². The Hall–Kier alpha value is -3.31. The Kier molecular flexibility index (Phi) is 5.22. The van der Waals surface area contributed by atoms with Gasteiger partial charge in [0.25, 0.3) is 5.91 Å². The van der Waals surface area contributed by atoms with Crippen molar-refractivity contribution < 1.29 is 14.3 Å². The number of nitrogens with zero attached hydrogens (tertiary/aromatic N) is 4. The molecule has 2 N–H and O–H groups in total. The lowest BCUT2D eigenvalue weighted by molar-refractivity contribution is -0.125. The molecule has 156 valence electrons. The summed E-state index contributed by atoms with van der Waals surface area (Å²) >= 11 is 0. The summed E-state index contributed by atoms with van der Waals surface area (Å²) in [5.74, 6) is 0.422. The van der Waals surface area contributed by atoms with E-state index in [2.05, 4.69) is 19.9 Å². The van der Waals surface area contributed by atoms with E-state index in [1.165, 1.54) is 0 Å². The van der Waals surface area contributed by atoms with Gasteiger partial charge < -0.3 is 20.1 Å². The molecule has 1 atom stereocenters. The van der Waals surface area contributed by atoms with E-state index in [0.29, 0.717) is 31.1 Å². The van der Waals surface area contributed by atoms with Crippen molar-refractivity contribution in [1.82, 2.24) is 9.78 Å². The van der Waals surface area contributed by atoms with Crippen LogP contribution in [0.4, 0.5) is 5.69 Å². The Morgan fingerprint density at radius 3 is 2.67 bits per heavy atom. The van der Waals surface area contributed by atoms with E-state index in [0.717, 1.165) is 22.5 Å². The summed E-state index contributed by atoms with van der Waals surface area (Å²) in [5, 5.41) is 14.6.